The summed E-state index contributed by atoms with van der Waals surface area (Å²) in [5.41, 5.74) is 7.02. The minimum Gasteiger partial charge on any atom is -0.285 e. The van der Waals surface area contributed by atoms with E-state index in [4.69, 9.17) is 10.1 Å². The highest BCUT2D eigenvalue weighted by Crippen LogP contribution is 2.44. The zero-order chi connectivity index (χ0) is 23.4. The van der Waals surface area contributed by atoms with Crippen LogP contribution >= 0.6 is 0 Å². The fraction of sp³-hybridized carbons (Fsp3) is 0.296. The Bertz CT molecular complexity index is 1560. The predicted octanol–water partition coefficient (Wildman–Crippen LogP) is 4.57. The van der Waals surface area contributed by atoms with Crippen LogP contribution in [0.2, 0.25) is 0 Å². The molecule has 0 spiro atoms. The molecule has 8 nitrogen and oxygen atoms in total. The first-order valence-corrected chi connectivity index (χ1v) is 12.1. The van der Waals surface area contributed by atoms with Crippen molar-refractivity contribution in [2.24, 2.45) is 0 Å². The number of hydrogen-bond acceptors (Lipinski definition) is 6. The summed E-state index contributed by atoms with van der Waals surface area (Å²) in [5.74, 6) is 0.385. The van der Waals surface area contributed by atoms with Gasteiger partial charge in [-0.1, -0.05) is 12.1 Å². The van der Waals surface area contributed by atoms with Crippen LogP contribution in [0, 0.1) is 11.3 Å². The van der Waals surface area contributed by atoms with Crippen LogP contribution in [-0.4, -0.2) is 53.3 Å². The van der Waals surface area contributed by atoms with E-state index in [9.17, 15) is 5.26 Å². The molecule has 2 saturated heterocycles. The molecule has 6 heterocycles. The third-order valence-electron chi connectivity index (χ3n) is 7.81. The maximum atomic E-state index is 9.29. The molecular weight excluding hydrogens is 436 g/mol. The number of benzene rings is 1. The van der Waals surface area contributed by atoms with Crippen molar-refractivity contribution < 1.29 is 0 Å². The van der Waals surface area contributed by atoms with E-state index in [-0.39, 0.29) is 0 Å². The van der Waals surface area contributed by atoms with Crippen LogP contribution < -0.4 is 0 Å². The van der Waals surface area contributed by atoms with Crippen LogP contribution in [-0.2, 0) is 0 Å². The Morgan fingerprint density at radius 2 is 1.86 bits per heavy atom. The molecule has 2 fully saturated rings. The molecule has 0 aliphatic carbocycles. The molecule has 7 rings (SSSR count). The second kappa shape index (κ2) is 8.00. The fourth-order valence-electron chi connectivity index (χ4n) is 6.27. The van der Waals surface area contributed by atoms with E-state index < -0.39 is 0 Å². The number of fused-ring (bicyclic) bond motifs is 4. The molecule has 2 unspecified atom stereocenters. The first kappa shape index (κ1) is 20.3. The standard InChI is InChI=1S/C27H24N8/c28-9-13-34-19-4-5-20(34)15-18(14-19)24-8-12-30-27-25(21-2-1-3-23-22(21)16-31-32-23)26(33-35(24)27)17-6-10-29-11-7-17/h1-3,6-8,10-12,16,18-20H,4-5,13-15H2,(H,31,32). The van der Waals surface area contributed by atoms with Crippen molar-refractivity contribution in [1.82, 2.24) is 34.7 Å². The maximum Gasteiger partial charge on any atom is 0.163 e. The van der Waals surface area contributed by atoms with Crippen molar-refractivity contribution in [3.05, 3.63) is 66.9 Å². The lowest BCUT2D eigenvalue weighted by molar-refractivity contribution is 0.142. The van der Waals surface area contributed by atoms with Gasteiger partial charge in [0.1, 0.15) is 5.69 Å². The number of H-pyrrole nitrogens is 1. The molecule has 1 aromatic carbocycles. The van der Waals surface area contributed by atoms with Crippen molar-refractivity contribution in [2.75, 3.05) is 6.54 Å². The van der Waals surface area contributed by atoms with E-state index in [2.05, 4.69) is 42.8 Å². The smallest absolute Gasteiger partial charge is 0.163 e. The van der Waals surface area contributed by atoms with Crippen LogP contribution in [0.25, 0.3) is 38.9 Å². The summed E-state index contributed by atoms with van der Waals surface area (Å²) < 4.78 is 2.06. The minimum absolute atomic E-state index is 0.385. The number of rotatable bonds is 4. The quantitative estimate of drug-likeness (QED) is 0.395. The lowest BCUT2D eigenvalue weighted by Gasteiger charge is -2.37. The van der Waals surface area contributed by atoms with Crippen LogP contribution in [0.5, 0.6) is 0 Å². The number of nitrogens with one attached hydrogen (secondary N) is 1. The van der Waals surface area contributed by atoms with Crippen molar-refractivity contribution in [3.8, 4) is 28.5 Å². The van der Waals surface area contributed by atoms with E-state index in [1.807, 2.05) is 36.7 Å². The molecule has 0 radical (unpaired) electrons. The second-order valence-electron chi connectivity index (χ2n) is 9.59. The fourth-order valence-corrected chi connectivity index (χ4v) is 6.27. The molecule has 0 saturated carbocycles. The highest BCUT2D eigenvalue weighted by atomic mass is 15.3. The van der Waals surface area contributed by atoms with Gasteiger partial charge < -0.3 is 0 Å². The molecule has 8 heteroatoms. The number of nitrogens with zero attached hydrogens (tertiary/aromatic N) is 7. The Balaban J connectivity index is 1.42. The summed E-state index contributed by atoms with van der Waals surface area (Å²) in [7, 11) is 0. The molecule has 5 aromatic rings. The lowest BCUT2D eigenvalue weighted by Crippen LogP contribution is -2.42. The van der Waals surface area contributed by atoms with E-state index in [0.717, 1.165) is 51.8 Å². The van der Waals surface area contributed by atoms with Crippen LogP contribution in [0.3, 0.4) is 0 Å². The molecule has 2 aliphatic rings. The summed E-state index contributed by atoms with van der Waals surface area (Å²) in [4.78, 5) is 11.5. The first-order valence-electron chi connectivity index (χ1n) is 12.1. The summed E-state index contributed by atoms with van der Waals surface area (Å²) in [6, 6.07) is 15.6. The highest BCUT2D eigenvalue weighted by molar-refractivity contribution is 6.02. The van der Waals surface area contributed by atoms with Crippen LogP contribution in [0.1, 0.15) is 37.3 Å². The van der Waals surface area contributed by atoms with Crippen molar-refractivity contribution in [2.45, 2.75) is 43.7 Å². The summed E-state index contributed by atoms with van der Waals surface area (Å²) >= 11 is 0. The zero-order valence-corrected chi connectivity index (χ0v) is 19.2. The average Bonchev–Trinajstić information content (AvgIpc) is 3.58. The van der Waals surface area contributed by atoms with Crippen molar-refractivity contribution in [1.29, 1.82) is 5.26 Å². The normalized spacial score (nSPS) is 22.1. The topological polar surface area (TPSA) is 98.8 Å². The molecule has 2 aliphatic heterocycles. The van der Waals surface area contributed by atoms with E-state index in [0.29, 0.717) is 24.5 Å². The van der Waals surface area contributed by atoms with Gasteiger partial charge in [-0.15, -0.1) is 0 Å². The number of nitriles is 1. The Morgan fingerprint density at radius 1 is 1.03 bits per heavy atom. The van der Waals surface area contributed by atoms with Crippen molar-refractivity contribution in [3.63, 3.8) is 0 Å². The largest absolute Gasteiger partial charge is 0.285 e. The van der Waals surface area contributed by atoms with Gasteiger partial charge in [0.25, 0.3) is 0 Å². The van der Waals surface area contributed by atoms with Crippen LogP contribution in [0.15, 0.2) is 61.2 Å². The van der Waals surface area contributed by atoms with Gasteiger partial charge in [0.2, 0.25) is 0 Å². The highest BCUT2D eigenvalue weighted by Gasteiger charge is 2.41. The Labute approximate surface area is 202 Å². The van der Waals surface area contributed by atoms with Crippen LogP contribution in [0.4, 0.5) is 0 Å². The second-order valence-corrected chi connectivity index (χ2v) is 9.59. The van der Waals surface area contributed by atoms with Gasteiger partial charge in [0.15, 0.2) is 5.65 Å². The minimum atomic E-state index is 0.385. The molecule has 0 amide bonds. The van der Waals surface area contributed by atoms with E-state index >= 15 is 0 Å². The number of piperidine rings is 1. The van der Waals surface area contributed by atoms with Gasteiger partial charge in [-0.05, 0) is 55.5 Å². The predicted molar refractivity (Wildman–Crippen MR) is 132 cm³/mol. The first-order chi connectivity index (χ1) is 17.3. The van der Waals surface area contributed by atoms with Gasteiger partial charge in [-0.25, -0.2) is 9.50 Å². The monoisotopic (exact) mass is 460 g/mol. The number of aromatic amines is 1. The number of aromatic nitrogens is 6. The molecule has 35 heavy (non-hydrogen) atoms. The van der Waals surface area contributed by atoms with Gasteiger partial charge in [0, 0.05) is 53.2 Å². The van der Waals surface area contributed by atoms with Crippen molar-refractivity contribution >= 4 is 16.6 Å². The summed E-state index contributed by atoms with van der Waals surface area (Å²) in [6.07, 6.45) is 11.8. The van der Waals surface area contributed by atoms with Gasteiger partial charge in [-0.3, -0.25) is 15.0 Å². The molecule has 2 bridgehead atoms. The van der Waals surface area contributed by atoms with E-state index in [1.54, 1.807) is 12.4 Å². The lowest BCUT2D eigenvalue weighted by atomic mass is 9.88. The van der Waals surface area contributed by atoms with Gasteiger partial charge in [-0.2, -0.15) is 15.5 Å². The Kier molecular flexibility index (Phi) is 4.64. The third-order valence-corrected chi connectivity index (χ3v) is 7.81. The molecular formula is C27H24N8. The summed E-state index contributed by atoms with van der Waals surface area (Å²) in [5, 5.41) is 22.9. The molecule has 2 atom stereocenters. The molecule has 1 N–H and O–H groups in total. The third kappa shape index (κ3) is 3.16. The number of pyridine rings is 1. The zero-order valence-electron chi connectivity index (χ0n) is 19.2. The average molecular weight is 461 g/mol. The Morgan fingerprint density at radius 3 is 2.66 bits per heavy atom. The summed E-state index contributed by atoms with van der Waals surface area (Å²) in [6.45, 7) is 0.528. The SMILES string of the molecule is N#CCN1C2CCC1CC(c1ccnc3c(-c4cccc5[nH]ncc45)c(-c4ccncc4)nn13)C2. The maximum absolute atomic E-state index is 9.29. The van der Waals surface area contributed by atoms with E-state index in [1.165, 1.54) is 18.5 Å². The Hall–Kier alpha value is -4.09. The number of hydrogen-bond donors (Lipinski definition) is 1. The van der Waals surface area contributed by atoms with Gasteiger partial charge in [0.05, 0.1) is 29.9 Å². The molecule has 172 valence electrons. The van der Waals surface area contributed by atoms with Gasteiger partial charge >= 0.3 is 0 Å². The molecule has 4 aromatic heterocycles.